The standard InChI is InChI=1S/C25H33FO6/c1-5-21(30)32-20-12-23(4)18(10-14(2)25(23,31)19(29)13-27)17-7-6-15-11-16(28)8-9-22(15,3)24(17,20)26/h8-9,11,14,17-18,20,27,31H,5-7,10,12-13H2,1-4H3/t14-,17+,18+,20+,22+,23+,24+,25+/m1/s1. The predicted molar refractivity (Wildman–Crippen MR) is 114 cm³/mol. The molecule has 8 atom stereocenters. The first kappa shape index (κ1) is 23.3. The molecule has 0 amide bonds. The molecule has 6 nitrogen and oxygen atoms in total. The summed E-state index contributed by atoms with van der Waals surface area (Å²) in [7, 11) is 0. The molecular weight excluding hydrogens is 415 g/mol. The van der Waals surface area contributed by atoms with Crippen LogP contribution in [0.2, 0.25) is 0 Å². The van der Waals surface area contributed by atoms with Crippen LogP contribution in [-0.2, 0) is 19.1 Å². The van der Waals surface area contributed by atoms with E-state index in [-0.39, 0.29) is 24.5 Å². The molecule has 7 heteroatoms. The molecule has 0 unspecified atom stereocenters. The number of carbonyl (C=O) groups excluding carboxylic acids is 3. The third kappa shape index (κ3) is 2.67. The molecule has 176 valence electrons. The molecular formula is C25H33FO6. The number of ether oxygens (including phenoxy) is 1. The number of esters is 1. The number of ketones is 2. The number of fused-ring (bicyclic) bond motifs is 5. The topological polar surface area (TPSA) is 101 Å². The van der Waals surface area contributed by atoms with Gasteiger partial charge in [0.15, 0.2) is 17.2 Å². The van der Waals surface area contributed by atoms with Gasteiger partial charge in [-0.1, -0.05) is 32.4 Å². The van der Waals surface area contributed by atoms with Crippen LogP contribution < -0.4 is 0 Å². The van der Waals surface area contributed by atoms with Crippen molar-refractivity contribution in [3.05, 3.63) is 23.8 Å². The minimum absolute atomic E-state index is 0.0341. The van der Waals surface area contributed by atoms with Crippen LogP contribution >= 0.6 is 0 Å². The van der Waals surface area contributed by atoms with Gasteiger partial charge in [0, 0.05) is 23.2 Å². The first-order valence-electron chi connectivity index (χ1n) is 11.6. The monoisotopic (exact) mass is 448 g/mol. The Labute approximate surface area is 187 Å². The summed E-state index contributed by atoms with van der Waals surface area (Å²) in [6.45, 7) is 6.12. The highest BCUT2D eigenvalue weighted by molar-refractivity contribution is 6.01. The average Bonchev–Trinajstić information content (AvgIpc) is 2.96. The van der Waals surface area contributed by atoms with Gasteiger partial charge >= 0.3 is 5.97 Å². The van der Waals surface area contributed by atoms with E-state index in [2.05, 4.69) is 0 Å². The minimum atomic E-state index is -1.99. The van der Waals surface area contributed by atoms with E-state index in [4.69, 9.17) is 4.74 Å². The second-order valence-corrected chi connectivity index (χ2v) is 10.6. The molecule has 0 aromatic carbocycles. The number of halogens is 1. The first-order valence-corrected chi connectivity index (χ1v) is 11.6. The van der Waals surface area contributed by atoms with Crippen molar-refractivity contribution in [3.8, 4) is 0 Å². The number of aliphatic hydroxyl groups is 2. The van der Waals surface area contributed by atoms with Gasteiger partial charge in [0.05, 0.1) is 0 Å². The molecule has 0 saturated heterocycles. The number of allylic oxidation sites excluding steroid dienone is 4. The van der Waals surface area contributed by atoms with Crippen LogP contribution in [0.3, 0.4) is 0 Å². The van der Waals surface area contributed by atoms with Crippen LogP contribution in [0.4, 0.5) is 4.39 Å². The Balaban J connectivity index is 1.89. The van der Waals surface area contributed by atoms with E-state index < -0.39 is 58.4 Å². The van der Waals surface area contributed by atoms with Crippen molar-refractivity contribution < 1.29 is 33.7 Å². The summed E-state index contributed by atoms with van der Waals surface area (Å²) in [5.74, 6) is -2.81. The summed E-state index contributed by atoms with van der Waals surface area (Å²) in [6.07, 6.45) is 4.69. The molecule has 0 aliphatic heterocycles. The molecule has 2 N–H and O–H groups in total. The van der Waals surface area contributed by atoms with Gasteiger partial charge in [-0.05, 0) is 56.6 Å². The molecule has 3 fully saturated rings. The maximum absolute atomic E-state index is 17.6. The van der Waals surface area contributed by atoms with Gasteiger partial charge in [0.2, 0.25) is 0 Å². The number of aliphatic hydroxyl groups excluding tert-OH is 1. The third-order valence-corrected chi connectivity index (χ3v) is 9.33. The van der Waals surface area contributed by atoms with Crippen molar-refractivity contribution in [2.75, 3.05) is 6.61 Å². The van der Waals surface area contributed by atoms with E-state index >= 15 is 4.39 Å². The molecule has 0 aromatic heterocycles. The van der Waals surface area contributed by atoms with Crippen LogP contribution in [-0.4, -0.2) is 51.7 Å². The van der Waals surface area contributed by atoms with Crippen LogP contribution in [0.1, 0.15) is 59.8 Å². The Morgan fingerprint density at radius 1 is 1.28 bits per heavy atom. The lowest BCUT2D eigenvalue weighted by molar-refractivity contribution is -0.230. The van der Waals surface area contributed by atoms with Gasteiger partial charge in [-0.3, -0.25) is 14.4 Å². The van der Waals surface area contributed by atoms with Crippen LogP contribution in [0.5, 0.6) is 0 Å². The number of rotatable bonds is 4. The fourth-order valence-electron chi connectivity index (χ4n) is 7.59. The quantitative estimate of drug-likeness (QED) is 0.642. The Morgan fingerprint density at radius 3 is 2.59 bits per heavy atom. The fourth-order valence-corrected chi connectivity index (χ4v) is 7.59. The minimum Gasteiger partial charge on any atom is -0.459 e. The Morgan fingerprint density at radius 2 is 1.97 bits per heavy atom. The number of hydrogen-bond donors (Lipinski definition) is 2. The Hall–Kier alpha value is -1.86. The lowest BCUT2D eigenvalue weighted by Gasteiger charge is -2.63. The lowest BCUT2D eigenvalue weighted by Crippen LogP contribution is -2.70. The predicted octanol–water partition coefficient (Wildman–Crippen LogP) is 2.86. The lowest BCUT2D eigenvalue weighted by atomic mass is 9.44. The number of hydrogen-bond acceptors (Lipinski definition) is 6. The average molecular weight is 449 g/mol. The molecule has 0 spiro atoms. The van der Waals surface area contributed by atoms with Gasteiger partial charge in [-0.2, -0.15) is 0 Å². The summed E-state index contributed by atoms with van der Waals surface area (Å²) in [5.41, 5.74) is -5.32. The molecule has 0 heterocycles. The highest BCUT2D eigenvalue weighted by Crippen LogP contribution is 2.71. The molecule has 0 bridgehead atoms. The fraction of sp³-hybridized carbons (Fsp3) is 0.720. The maximum atomic E-state index is 17.6. The summed E-state index contributed by atoms with van der Waals surface area (Å²) >= 11 is 0. The van der Waals surface area contributed by atoms with Gasteiger partial charge in [-0.15, -0.1) is 0 Å². The second kappa shape index (κ2) is 7.32. The van der Waals surface area contributed by atoms with Crippen LogP contribution in [0, 0.1) is 28.6 Å². The zero-order valence-electron chi connectivity index (χ0n) is 19.2. The van der Waals surface area contributed by atoms with Crippen molar-refractivity contribution in [2.45, 2.75) is 77.2 Å². The SMILES string of the molecule is CCC(=O)O[C@H]1C[C@@]2(C)[C@@H](C[C@@H](C)[C@]2(O)C(=O)CO)[C@@H]2CCC3=CC(=O)C=C[C@]3(C)[C@@]12F. The summed E-state index contributed by atoms with van der Waals surface area (Å²) < 4.78 is 23.3. The van der Waals surface area contributed by atoms with Gasteiger partial charge in [0.1, 0.15) is 18.3 Å². The third-order valence-electron chi connectivity index (χ3n) is 9.33. The van der Waals surface area contributed by atoms with Crippen LogP contribution in [0.15, 0.2) is 23.8 Å². The van der Waals surface area contributed by atoms with Crippen molar-refractivity contribution in [1.29, 1.82) is 0 Å². The Bertz CT molecular complexity index is 925. The van der Waals surface area contributed by atoms with Gasteiger partial charge in [-0.25, -0.2) is 4.39 Å². The van der Waals surface area contributed by atoms with E-state index in [0.29, 0.717) is 24.8 Å². The van der Waals surface area contributed by atoms with Crippen molar-refractivity contribution in [1.82, 2.24) is 0 Å². The molecule has 0 radical (unpaired) electrons. The molecule has 4 aliphatic rings. The molecule has 0 aromatic rings. The van der Waals surface area contributed by atoms with Crippen molar-refractivity contribution >= 4 is 17.5 Å². The summed E-state index contributed by atoms with van der Waals surface area (Å²) in [5, 5.41) is 21.3. The summed E-state index contributed by atoms with van der Waals surface area (Å²) in [4.78, 5) is 37.2. The molecule has 3 saturated carbocycles. The molecule has 4 aliphatic carbocycles. The zero-order chi connectivity index (χ0) is 23.7. The number of carbonyl (C=O) groups is 3. The highest BCUT2D eigenvalue weighted by Gasteiger charge is 2.76. The molecule has 4 rings (SSSR count). The van der Waals surface area contributed by atoms with Gasteiger partial charge in [0.25, 0.3) is 0 Å². The largest absolute Gasteiger partial charge is 0.459 e. The van der Waals surface area contributed by atoms with Crippen LogP contribution in [0.25, 0.3) is 0 Å². The van der Waals surface area contributed by atoms with Crippen molar-refractivity contribution in [2.24, 2.45) is 28.6 Å². The maximum Gasteiger partial charge on any atom is 0.305 e. The first-order chi connectivity index (χ1) is 14.9. The van der Waals surface area contributed by atoms with Crippen molar-refractivity contribution in [3.63, 3.8) is 0 Å². The van der Waals surface area contributed by atoms with E-state index in [9.17, 15) is 24.6 Å². The van der Waals surface area contributed by atoms with E-state index in [1.54, 1.807) is 33.8 Å². The zero-order valence-corrected chi connectivity index (χ0v) is 19.2. The smallest absolute Gasteiger partial charge is 0.305 e. The highest BCUT2D eigenvalue weighted by atomic mass is 19.1. The number of Topliss-reactive ketones (excluding diaryl/α,β-unsaturated/α-hetero) is 1. The van der Waals surface area contributed by atoms with E-state index in [1.807, 2.05) is 0 Å². The Kier molecular flexibility index (Phi) is 5.33. The number of alkyl halides is 1. The van der Waals surface area contributed by atoms with Gasteiger partial charge < -0.3 is 14.9 Å². The molecule has 32 heavy (non-hydrogen) atoms. The van der Waals surface area contributed by atoms with E-state index in [0.717, 1.165) is 0 Å². The second-order valence-electron chi connectivity index (χ2n) is 10.6. The normalized spacial score (nSPS) is 47.2. The van der Waals surface area contributed by atoms with E-state index in [1.165, 1.54) is 12.2 Å². The summed E-state index contributed by atoms with van der Waals surface area (Å²) in [6, 6.07) is 0.